The van der Waals surface area contributed by atoms with Crippen molar-refractivity contribution >= 4 is 38.1 Å². The Bertz CT molecular complexity index is 1270. The van der Waals surface area contributed by atoms with E-state index in [1.54, 1.807) is 46.0 Å². The number of amides is 1. The fraction of sp³-hybridized carbons (Fsp3) is 0.304. The maximum Gasteiger partial charge on any atom is 0.262 e. The van der Waals surface area contributed by atoms with Crippen molar-refractivity contribution in [3.05, 3.63) is 47.3 Å². The number of rotatable bonds is 10. The zero-order valence-corrected chi connectivity index (χ0v) is 21.3. The van der Waals surface area contributed by atoms with Gasteiger partial charge >= 0.3 is 0 Å². The topological polar surface area (TPSA) is 119 Å². The summed E-state index contributed by atoms with van der Waals surface area (Å²) in [6.07, 6.45) is 0. The predicted molar refractivity (Wildman–Crippen MR) is 134 cm³/mol. The number of hydrogen-bond acceptors (Lipinski definition) is 8. The zero-order chi connectivity index (χ0) is 24.9. The summed E-state index contributed by atoms with van der Waals surface area (Å²) in [7, 11) is -0.284. The van der Waals surface area contributed by atoms with Crippen molar-refractivity contribution in [2.24, 2.45) is 0 Å². The van der Waals surface area contributed by atoms with E-state index in [1.165, 1.54) is 30.6 Å². The molecule has 1 aromatic heterocycles. The normalized spacial score (nSPS) is 11.4. The first kappa shape index (κ1) is 25.5. The van der Waals surface area contributed by atoms with Crippen LogP contribution >= 0.6 is 11.3 Å². The highest BCUT2D eigenvalue weighted by atomic mass is 32.2. The van der Waals surface area contributed by atoms with Crippen LogP contribution in [0.5, 0.6) is 11.5 Å². The Morgan fingerprint density at radius 3 is 2.50 bits per heavy atom. The molecule has 9 nitrogen and oxygen atoms in total. The molecule has 0 radical (unpaired) electrons. The standard InChI is InChI=1S/C23H28N4O5S2/c1-14(2)27-34(29,30)17-7-9-20(15(3)10-17)32-12-22(28)25-18-11-16(6-8-21(18)31-5)19-13-33-23(24-4)26-19/h6-11,13-14,27H,12H2,1-5H3,(H,24,26)(H,25,28). The van der Waals surface area contributed by atoms with E-state index < -0.39 is 10.0 Å². The van der Waals surface area contributed by atoms with Crippen LogP contribution in [0.3, 0.4) is 0 Å². The molecule has 0 aliphatic carbocycles. The van der Waals surface area contributed by atoms with E-state index in [0.717, 1.165) is 16.4 Å². The first-order valence-corrected chi connectivity index (χ1v) is 12.9. The lowest BCUT2D eigenvalue weighted by Gasteiger charge is -2.14. The maximum absolute atomic E-state index is 12.6. The summed E-state index contributed by atoms with van der Waals surface area (Å²) in [5.41, 5.74) is 2.70. The first-order valence-electron chi connectivity index (χ1n) is 10.5. The van der Waals surface area contributed by atoms with E-state index in [0.29, 0.717) is 22.7 Å². The van der Waals surface area contributed by atoms with Crippen LogP contribution in [-0.2, 0) is 14.8 Å². The number of nitrogens with one attached hydrogen (secondary N) is 3. The van der Waals surface area contributed by atoms with Gasteiger partial charge in [0.05, 0.1) is 23.4 Å². The molecule has 0 bridgehead atoms. The molecule has 0 atom stereocenters. The smallest absolute Gasteiger partial charge is 0.262 e. The van der Waals surface area contributed by atoms with Crippen LogP contribution in [0.15, 0.2) is 46.7 Å². The van der Waals surface area contributed by atoms with E-state index in [9.17, 15) is 13.2 Å². The molecule has 34 heavy (non-hydrogen) atoms. The van der Waals surface area contributed by atoms with Gasteiger partial charge in [-0.2, -0.15) is 0 Å². The number of sulfonamides is 1. The molecule has 3 aromatic rings. The van der Waals surface area contributed by atoms with E-state index in [2.05, 4.69) is 20.3 Å². The quantitative estimate of drug-likeness (QED) is 0.383. The highest BCUT2D eigenvalue weighted by Gasteiger charge is 2.17. The summed E-state index contributed by atoms with van der Waals surface area (Å²) in [4.78, 5) is 17.2. The van der Waals surface area contributed by atoms with Crippen LogP contribution in [0.4, 0.5) is 10.8 Å². The molecular weight excluding hydrogens is 476 g/mol. The highest BCUT2D eigenvalue weighted by Crippen LogP contribution is 2.32. The lowest BCUT2D eigenvalue weighted by atomic mass is 10.1. The minimum Gasteiger partial charge on any atom is -0.495 e. The van der Waals surface area contributed by atoms with Gasteiger partial charge in [-0.3, -0.25) is 4.79 Å². The molecule has 0 fully saturated rings. The van der Waals surface area contributed by atoms with Crippen molar-refractivity contribution in [2.45, 2.75) is 31.7 Å². The Morgan fingerprint density at radius 2 is 1.88 bits per heavy atom. The van der Waals surface area contributed by atoms with E-state index >= 15 is 0 Å². The summed E-state index contributed by atoms with van der Waals surface area (Å²) < 4.78 is 38.2. The summed E-state index contributed by atoms with van der Waals surface area (Å²) in [6.45, 7) is 4.97. The van der Waals surface area contributed by atoms with E-state index in [4.69, 9.17) is 9.47 Å². The minimum atomic E-state index is -3.61. The average Bonchev–Trinajstić information content (AvgIpc) is 3.26. The van der Waals surface area contributed by atoms with Gasteiger partial charge in [-0.25, -0.2) is 18.1 Å². The number of aromatic nitrogens is 1. The number of hydrogen-bond donors (Lipinski definition) is 3. The number of nitrogens with zero attached hydrogens (tertiary/aromatic N) is 1. The second-order valence-electron chi connectivity index (χ2n) is 7.74. The lowest BCUT2D eigenvalue weighted by molar-refractivity contribution is -0.118. The fourth-order valence-electron chi connectivity index (χ4n) is 3.15. The monoisotopic (exact) mass is 504 g/mol. The van der Waals surface area contributed by atoms with Crippen molar-refractivity contribution in [2.75, 3.05) is 31.4 Å². The Balaban J connectivity index is 1.69. The average molecular weight is 505 g/mol. The van der Waals surface area contributed by atoms with Gasteiger partial charge in [-0.05, 0) is 62.7 Å². The third kappa shape index (κ3) is 6.25. The number of carbonyl (C=O) groups is 1. The number of ether oxygens (including phenoxy) is 2. The van der Waals surface area contributed by atoms with Crippen LogP contribution < -0.4 is 24.8 Å². The summed E-state index contributed by atoms with van der Waals surface area (Å²) in [5.74, 6) is 0.535. The number of aryl methyl sites for hydroxylation is 1. The molecule has 11 heteroatoms. The van der Waals surface area contributed by atoms with Crippen molar-refractivity contribution in [3.63, 3.8) is 0 Å². The molecule has 3 rings (SSSR count). The van der Waals surface area contributed by atoms with Crippen molar-refractivity contribution in [1.29, 1.82) is 0 Å². The predicted octanol–water partition coefficient (Wildman–Crippen LogP) is 3.87. The van der Waals surface area contributed by atoms with Crippen LogP contribution in [0, 0.1) is 6.92 Å². The molecule has 0 aliphatic rings. The van der Waals surface area contributed by atoms with Gasteiger partial charge in [-0.1, -0.05) is 0 Å². The van der Waals surface area contributed by atoms with Gasteiger partial charge in [0.25, 0.3) is 5.91 Å². The largest absolute Gasteiger partial charge is 0.495 e. The highest BCUT2D eigenvalue weighted by molar-refractivity contribution is 7.89. The fourth-order valence-corrected chi connectivity index (χ4v) is 5.16. The first-order chi connectivity index (χ1) is 16.1. The second kappa shape index (κ2) is 10.9. The molecule has 0 saturated heterocycles. The molecular formula is C23H28N4O5S2. The number of carbonyl (C=O) groups excluding carboxylic acids is 1. The van der Waals surface area contributed by atoms with Crippen molar-refractivity contribution in [1.82, 2.24) is 9.71 Å². The molecule has 0 unspecified atom stereocenters. The number of methoxy groups -OCH3 is 1. The van der Waals surface area contributed by atoms with Crippen LogP contribution in [0.1, 0.15) is 19.4 Å². The van der Waals surface area contributed by atoms with Gasteiger partial charge in [0.1, 0.15) is 11.5 Å². The zero-order valence-electron chi connectivity index (χ0n) is 19.6. The third-order valence-corrected chi connectivity index (χ3v) is 7.21. The Labute approximate surface area is 203 Å². The summed E-state index contributed by atoms with van der Waals surface area (Å²) in [6, 6.07) is 9.70. The molecule has 1 heterocycles. The summed E-state index contributed by atoms with van der Waals surface area (Å²) in [5, 5.41) is 8.52. The van der Waals surface area contributed by atoms with Crippen molar-refractivity contribution < 1.29 is 22.7 Å². The summed E-state index contributed by atoms with van der Waals surface area (Å²) >= 11 is 1.48. The van der Waals surface area contributed by atoms with Crippen LogP contribution in [0.2, 0.25) is 0 Å². The molecule has 0 spiro atoms. The molecule has 2 aromatic carbocycles. The van der Waals surface area contributed by atoms with Gasteiger partial charge in [0.15, 0.2) is 11.7 Å². The molecule has 0 aliphatic heterocycles. The molecule has 3 N–H and O–H groups in total. The Morgan fingerprint density at radius 1 is 1.15 bits per heavy atom. The number of anilines is 2. The SMILES string of the molecule is CNc1nc(-c2ccc(OC)c(NC(=O)COc3ccc(S(=O)(=O)NC(C)C)cc3C)c2)cs1. The third-order valence-electron chi connectivity index (χ3n) is 4.69. The molecule has 0 saturated carbocycles. The molecule has 182 valence electrons. The van der Waals surface area contributed by atoms with Crippen molar-refractivity contribution in [3.8, 4) is 22.8 Å². The van der Waals surface area contributed by atoms with Gasteiger partial charge in [0.2, 0.25) is 10.0 Å². The lowest BCUT2D eigenvalue weighted by Crippen LogP contribution is -2.30. The Kier molecular flexibility index (Phi) is 8.13. The maximum atomic E-state index is 12.6. The number of thiazole rings is 1. The van der Waals surface area contributed by atoms with Crippen LogP contribution in [-0.4, -0.2) is 46.1 Å². The second-order valence-corrected chi connectivity index (χ2v) is 10.3. The molecule has 1 amide bonds. The van der Waals surface area contributed by atoms with E-state index in [1.807, 2.05) is 11.4 Å². The van der Waals surface area contributed by atoms with Gasteiger partial charge in [-0.15, -0.1) is 11.3 Å². The Hall–Kier alpha value is -3.15. The van der Waals surface area contributed by atoms with Gasteiger partial charge < -0.3 is 20.1 Å². The van der Waals surface area contributed by atoms with Crippen LogP contribution in [0.25, 0.3) is 11.3 Å². The van der Waals surface area contributed by atoms with Gasteiger partial charge in [0, 0.05) is 24.0 Å². The number of benzene rings is 2. The van der Waals surface area contributed by atoms with E-state index in [-0.39, 0.29) is 23.5 Å². The minimum absolute atomic E-state index is 0.139.